The monoisotopic (exact) mass is 306 g/mol. The highest BCUT2D eigenvalue weighted by atomic mass is 32.2. The van der Waals surface area contributed by atoms with Crippen LogP contribution >= 0.6 is 11.8 Å². The van der Waals surface area contributed by atoms with Gasteiger partial charge in [0.25, 0.3) is 5.24 Å². The SMILES string of the molecule is O=C1NC(C(=O)N2CCC(c3ccc(O)cc3)CC2)CS1. The molecule has 2 aliphatic heterocycles. The second kappa shape index (κ2) is 5.97. The maximum absolute atomic E-state index is 12.3. The second-order valence-electron chi connectivity index (χ2n) is 5.49. The van der Waals surface area contributed by atoms with Crippen LogP contribution in [0.4, 0.5) is 4.79 Å². The lowest BCUT2D eigenvalue weighted by Gasteiger charge is -2.33. The van der Waals surface area contributed by atoms with Crippen LogP contribution in [0, 0.1) is 0 Å². The van der Waals surface area contributed by atoms with E-state index in [0.29, 0.717) is 11.7 Å². The molecule has 1 unspecified atom stereocenters. The zero-order valence-corrected chi connectivity index (χ0v) is 12.4. The number of thioether (sulfide) groups is 1. The number of carbonyl (C=O) groups excluding carboxylic acids is 2. The molecule has 0 saturated carbocycles. The number of aromatic hydroxyl groups is 1. The molecule has 5 nitrogen and oxygen atoms in total. The van der Waals surface area contributed by atoms with E-state index in [2.05, 4.69) is 5.32 Å². The van der Waals surface area contributed by atoms with Crippen LogP contribution in [0.3, 0.4) is 0 Å². The summed E-state index contributed by atoms with van der Waals surface area (Å²) in [5.41, 5.74) is 1.21. The molecule has 2 heterocycles. The van der Waals surface area contributed by atoms with E-state index in [-0.39, 0.29) is 22.9 Å². The number of likely N-dealkylation sites (tertiary alicyclic amines) is 1. The maximum atomic E-state index is 12.3. The fraction of sp³-hybridized carbons (Fsp3) is 0.467. The van der Waals surface area contributed by atoms with Gasteiger partial charge < -0.3 is 15.3 Å². The molecule has 2 saturated heterocycles. The van der Waals surface area contributed by atoms with Gasteiger partial charge in [0.05, 0.1) is 0 Å². The molecule has 2 N–H and O–H groups in total. The quantitative estimate of drug-likeness (QED) is 0.876. The summed E-state index contributed by atoms with van der Waals surface area (Å²) in [6.45, 7) is 1.45. The van der Waals surface area contributed by atoms with E-state index in [1.807, 2.05) is 17.0 Å². The van der Waals surface area contributed by atoms with Crippen molar-refractivity contribution >= 4 is 22.9 Å². The molecule has 0 spiro atoms. The Labute approximate surface area is 127 Å². The van der Waals surface area contributed by atoms with E-state index in [4.69, 9.17) is 0 Å². The topological polar surface area (TPSA) is 69.6 Å². The number of phenolic OH excluding ortho intramolecular Hbond substituents is 1. The van der Waals surface area contributed by atoms with E-state index in [1.54, 1.807) is 12.1 Å². The van der Waals surface area contributed by atoms with Gasteiger partial charge in [-0.1, -0.05) is 23.9 Å². The molecule has 6 heteroatoms. The third-order valence-electron chi connectivity index (χ3n) is 4.14. The first-order chi connectivity index (χ1) is 10.1. The van der Waals surface area contributed by atoms with Gasteiger partial charge in [-0.3, -0.25) is 9.59 Å². The predicted molar refractivity (Wildman–Crippen MR) is 81.4 cm³/mol. The molecule has 0 aliphatic carbocycles. The van der Waals surface area contributed by atoms with Crippen LogP contribution in [-0.4, -0.2) is 46.0 Å². The lowest BCUT2D eigenvalue weighted by atomic mass is 9.89. The van der Waals surface area contributed by atoms with Crippen molar-refractivity contribution in [1.29, 1.82) is 0 Å². The number of hydrogen-bond acceptors (Lipinski definition) is 4. The minimum absolute atomic E-state index is 0.0394. The van der Waals surface area contributed by atoms with E-state index < -0.39 is 0 Å². The summed E-state index contributed by atoms with van der Waals surface area (Å²) in [5, 5.41) is 11.9. The van der Waals surface area contributed by atoms with Crippen LogP contribution < -0.4 is 5.32 Å². The van der Waals surface area contributed by atoms with Crippen molar-refractivity contribution in [3.63, 3.8) is 0 Å². The molecule has 1 aromatic rings. The minimum Gasteiger partial charge on any atom is -0.508 e. The molecule has 21 heavy (non-hydrogen) atoms. The Bertz CT molecular complexity index is 538. The van der Waals surface area contributed by atoms with E-state index in [9.17, 15) is 14.7 Å². The highest BCUT2D eigenvalue weighted by Gasteiger charge is 2.33. The summed E-state index contributed by atoms with van der Waals surface area (Å²) in [6.07, 6.45) is 1.84. The standard InChI is InChI=1S/C15H18N2O3S/c18-12-3-1-10(2-4-12)11-5-7-17(8-6-11)14(19)13-9-21-15(20)16-13/h1-4,11,13,18H,5-9H2,(H,16,20). The lowest BCUT2D eigenvalue weighted by molar-refractivity contribution is -0.133. The Kier molecular flexibility index (Phi) is 4.05. The van der Waals surface area contributed by atoms with Crippen LogP contribution in [0.5, 0.6) is 5.75 Å². The fourth-order valence-corrected chi connectivity index (χ4v) is 3.69. The molecule has 2 amide bonds. The van der Waals surface area contributed by atoms with Crippen LogP contribution in [0.2, 0.25) is 0 Å². The average molecular weight is 306 g/mol. The summed E-state index contributed by atoms with van der Waals surface area (Å²) in [5.74, 6) is 1.29. The third-order valence-corrected chi connectivity index (χ3v) is 5.02. The Hall–Kier alpha value is -1.69. The molecule has 0 radical (unpaired) electrons. The van der Waals surface area contributed by atoms with Gasteiger partial charge in [0, 0.05) is 18.8 Å². The highest BCUT2D eigenvalue weighted by Crippen LogP contribution is 2.29. The number of benzene rings is 1. The first kappa shape index (κ1) is 14.3. The van der Waals surface area contributed by atoms with Crippen LogP contribution in [-0.2, 0) is 4.79 Å². The van der Waals surface area contributed by atoms with Gasteiger partial charge in [-0.2, -0.15) is 0 Å². The van der Waals surface area contributed by atoms with Crippen LogP contribution in [0.1, 0.15) is 24.3 Å². The van der Waals surface area contributed by atoms with Gasteiger partial charge >= 0.3 is 0 Å². The second-order valence-corrected chi connectivity index (χ2v) is 6.48. The van der Waals surface area contributed by atoms with Crippen molar-refractivity contribution in [3.05, 3.63) is 29.8 Å². The lowest BCUT2D eigenvalue weighted by Crippen LogP contribution is -2.48. The van der Waals surface area contributed by atoms with Crippen molar-refractivity contribution in [2.75, 3.05) is 18.8 Å². The van der Waals surface area contributed by atoms with Gasteiger partial charge in [-0.15, -0.1) is 0 Å². The average Bonchev–Trinajstić information content (AvgIpc) is 2.94. The first-order valence-electron chi connectivity index (χ1n) is 7.14. The highest BCUT2D eigenvalue weighted by molar-refractivity contribution is 8.14. The summed E-state index contributed by atoms with van der Waals surface area (Å²) in [4.78, 5) is 25.3. The zero-order chi connectivity index (χ0) is 14.8. The summed E-state index contributed by atoms with van der Waals surface area (Å²) < 4.78 is 0. The number of nitrogens with zero attached hydrogens (tertiary/aromatic N) is 1. The first-order valence-corrected chi connectivity index (χ1v) is 8.13. The number of amides is 2. The Balaban J connectivity index is 1.56. The minimum atomic E-state index is -0.354. The van der Waals surface area contributed by atoms with E-state index in [1.165, 1.54) is 17.3 Å². The number of nitrogens with one attached hydrogen (secondary N) is 1. The third kappa shape index (κ3) is 3.15. The number of phenols is 1. The predicted octanol–water partition coefficient (Wildman–Crippen LogP) is 1.92. The van der Waals surface area contributed by atoms with Crippen LogP contribution in [0.25, 0.3) is 0 Å². The molecule has 2 fully saturated rings. The van der Waals surface area contributed by atoms with Gasteiger partial charge in [-0.25, -0.2) is 0 Å². The number of piperidine rings is 1. The van der Waals surface area contributed by atoms with Gasteiger partial charge in [-0.05, 0) is 36.5 Å². The van der Waals surface area contributed by atoms with Crippen molar-refractivity contribution in [1.82, 2.24) is 10.2 Å². The molecule has 1 aromatic carbocycles. The number of carbonyl (C=O) groups is 2. The fourth-order valence-electron chi connectivity index (χ4n) is 2.92. The summed E-state index contributed by atoms with van der Waals surface area (Å²) in [7, 11) is 0. The molecule has 2 aliphatic rings. The summed E-state index contributed by atoms with van der Waals surface area (Å²) in [6, 6.07) is 6.96. The van der Waals surface area contributed by atoms with Crippen LogP contribution in [0.15, 0.2) is 24.3 Å². The Morgan fingerprint density at radius 3 is 2.48 bits per heavy atom. The molecule has 0 bridgehead atoms. The van der Waals surface area contributed by atoms with Crippen molar-refractivity contribution in [3.8, 4) is 5.75 Å². The Morgan fingerprint density at radius 1 is 1.24 bits per heavy atom. The molecule has 1 atom stereocenters. The normalized spacial score (nSPS) is 23.1. The van der Waals surface area contributed by atoms with Gasteiger partial charge in [0.1, 0.15) is 11.8 Å². The number of rotatable bonds is 2. The Morgan fingerprint density at radius 2 is 1.90 bits per heavy atom. The zero-order valence-electron chi connectivity index (χ0n) is 11.6. The van der Waals surface area contributed by atoms with Crippen molar-refractivity contribution in [2.24, 2.45) is 0 Å². The van der Waals surface area contributed by atoms with Gasteiger partial charge in [0.2, 0.25) is 5.91 Å². The van der Waals surface area contributed by atoms with E-state index >= 15 is 0 Å². The van der Waals surface area contributed by atoms with Gasteiger partial charge in [0.15, 0.2) is 0 Å². The largest absolute Gasteiger partial charge is 0.508 e. The van der Waals surface area contributed by atoms with Crippen molar-refractivity contribution in [2.45, 2.75) is 24.8 Å². The molecular weight excluding hydrogens is 288 g/mol. The molecular formula is C15H18N2O3S. The molecule has 0 aromatic heterocycles. The molecule has 3 rings (SSSR count). The molecule has 112 valence electrons. The summed E-state index contributed by atoms with van der Waals surface area (Å²) >= 11 is 1.18. The smallest absolute Gasteiger partial charge is 0.279 e. The van der Waals surface area contributed by atoms with E-state index in [0.717, 1.165) is 25.9 Å². The maximum Gasteiger partial charge on any atom is 0.279 e. The number of hydrogen-bond donors (Lipinski definition) is 2. The van der Waals surface area contributed by atoms with Crippen molar-refractivity contribution < 1.29 is 14.7 Å².